The van der Waals surface area contributed by atoms with Crippen molar-refractivity contribution in [3.8, 4) is 17.6 Å². The molecule has 0 saturated heterocycles. The van der Waals surface area contributed by atoms with E-state index in [-0.39, 0.29) is 5.57 Å². The number of benzene rings is 2. The van der Waals surface area contributed by atoms with Crippen LogP contribution in [0.4, 0.5) is 11.4 Å². The average Bonchev–Trinajstić information content (AvgIpc) is 2.63. The van der Waals surface area contributed by atoms with Gasteiger partial charge in [0.1, 0.15) is 23.1 Å². The third-order valence-corrected chi connectivity index (χ3v) is 3.19. The number of nitriles is 1. The maximum atomic E-state index is 12.2. The lowest BCUT2D eigenvalue weighted by molar-refractivity contribution is -0.112. The predicted octanol–water partition coefficient (Wildman–Crippen LogP) is 3.16. The third kappa shape index (κ3) is 4.27. The van der Waals surface area contributed by atoms with Gasteiger partial charge in [-0.05, 0) is 36.4 Å². The first-order valence-corrected chi connectivity index (χ1v) is 7.13. The van der Waals surface area contributed by atoms with E-state index in [9.17, 15) is 10.1 Å². The molecule has 6 heteroatoms. The van der Waals surface area contributed by atoms with Crippen LogP contribution in [0.15, 0.2) is 60.3 Å². The van der Waals surface area contributed by atoms with Crippen molar-refractivity contribution in [2.75, 3.05) is 24.9 Å². The van der Waals surface area contributed by atoms with E-state index < -0.39 is 5.91 Å². The Morgan fingerprint density at radius 2 is 1.79 bits per heavy atom. The van der Waals surface area contributed by atoms with Gasteiger partial charge in [-0.2, -0.15) is 5.26 Å². The molecule has 0 aromatic heterocycles. The molecule has 0 bridgehead atoms. The summed E-state index contributed by atoms with van der Waals surface area (Å²) in [6, 6.07) is 15.9. The molecule has 2 aromatic rings. The molecule has 0 aliphatic rings. The van der Waals surface area contributed by atoms with Crippen molar-refractivity contribution in [3.63, 3.8) is 0 Å². The van der Waals surface area contributed by atoms with Crippen molar-refractivity contribution < 1.29 is 14.3 Å². The van der Waals surface area contributed by atoms with Crippen LogP contribution in [0.3, 0.4) is 0 Å². The SMILES string of the molecule is COc1ccc(NC(=O)/C(C#N)=C\Nc2ccccc2OC)cc1. The molecule has 122 valence electrons. The number of carbonyl (C=O) groups is 1. The summed E-state index contributed by atoms with van der Waals surface area (Å²) in [4.78, 5) is 12.2. The number of nitrogens with zero attached hydrogens (tertiary/aromatic N) is 1. The molecule has 2 N–H and O–H groups in total. The minimum atomic E-state index is -0.509. The molecule has 0 heterocycles. The molecule has 6 nitrogen and oxygen atoms in total. The van der Waals surface area contributed by atoms with Crippen LogP contribution >= 0.6 is 0 Å². The van der Waals surface area contributed by atoms with Crippen LogP contribution in [-0.4, -0.2) is 20.1 Å². The predicted molar refractivity (Wildman–Crippen MR) is 91.9 cm³/mol. The molecular weight excluding hydrogens is 306 g/mol. The fraction of sp³-hybridized carbons (Fsp3) is 0.111. The number of hydrogen-bond donors (Lipinski definition) is 2. The van der Waals surface area contributed by atoms with Crippen LogP contribution < -0.4 is 20.1 Å². The monoisotopic (exact) mass is 323 g/mol. The summed E-state index contributed by atoms with van der Waals surface area (Å²) in [6.07, 6.45) is 1.34. The second-order valence-electron chi connectivity index (χ2n) is 4.70. The summed E-state index contributed by atoms with van der Waals surface area (Å²) in [5, 5.41) is 14.8. The number of nitrogens with one attached hydrogen (secondary N) is 2. The minimum Gasteiger partial charge on any atom is -0.497 e. The molecule has 0 spiro atoms. The van der Waals surface area contributed by atoms with Gasteiger partial charge in [0.15, 0.2) is 0 Å². The molecule has 0 saturated carbocycles. The number of anilines is 2. The molecule has 0 aliphatic heterocycles. The second-order valence-corrected chi connectivity index (χ2v) is 4.70. The number of rotatable bonds is 6. The Balaban J connectivity index is 2.09. The first-order valence-electron chi connectivity index (χ1n) is 7.13. The fourth-order valence-corrected chi connectivity index (χ4v) is 1.94. The first-order chi connectivity index (χ1) is 11.7. The zero-order valence-corrected chi connectivity index (χ0v) is 13.4. The standard InChI is InChI=1S/C18H17N3O3/c1-23-15-9-7-14(8-10-15)21-18(22)13(11-19)12-20-16-5-3-4-6-17(16)24-2/h3-10,12,20H,1-2H3,(H,21,22)/b13-12-. The van der Waals surface area contributed by atoms with Gasteiger partial charge in [-0.1, -0.05) is 12.1 Å². The highest BCUT2D eigenvalue weighted by Gasteiger charge is 2.10. The van der Waals surface area contributed by atoms with E-state index in [1.807, 2.05) is 18.2 Å². The van der Waals surface area contributed by atoms with Crippen LogP contribution in [0, 0.1) is 11.3 Å². The van der Waals surface area contributed by atoms with E-state index >= 15 is 0 Å². The van der Waals surface area contributed by atoms with Crippen molar-refractivity contribution in [3.05, 3.63) is 60.3 Å². The number of ether oxygens (including phenoxy) is 2. The largest absolute Gasteiger partial charge is 0.497 e. The van der Waals surface area contributed by atoms with Crippen LogP contribution in [0.25, 0.3) is 0 Å². The highest BCUT2D eigenvalue weighted by molar-refractivity contribution is 6.06. The summed E-state index contributed by atoms with van der Waals surface area (Å²) in [5.41, 5.74) is 1.17. The lowest BCUT2D eigenvalue weighted by atomic mass is 10.2. The molecule has 0 aliphatic carbocycles. The van der Waals surface area contributed by atoms with Crippen molar-refractivity contribution in [2.45, 2.75) is 0 Å². The van der Waals surface area contributed by atoms with Crippen LogP contribution in [-0.2, 0) is 4.79 Å². The van der Waals surface area contributed by atoms with E-state index in [2.05, 4.69) is 10.6 Å². The summed E-state index contributed by atoms with van der Waals surface area (Å²) >= 11 is 0. The molecule has 0 fully saturated rings. The lowest BCUT2D eigenvalue weighted by Gasteiger charge is -2.08. The Kier molecular flexibility index (Phi) is 5.81. The molecule has 0 unspecified atom stereocenters. The Hall–Kier alpha value is -3.46. The summed E-state index contributed by atoms with van der Waals surface area (Å²) in [5.74, 6) is 0.786. The van der Waals surface area contributed by atoms with Gasteiger partial charge in [-0.25, -0.2) is 0 Å². The van der Waals surface area contributed by atoms with E-state index in [4.69, 9.17) is 9.47 Å². The van der Waals surface area contributed by atoms with Crippen molar-refractivity contribution >= 4 is 17.3 Å². The van der Waals surface area contributed by atoms with Gasteiger partial charge < -0.3 is 20.1 Å². The lowest BCUT2D eigenvalue weighted by Crippen LogP contribution is -2.14. The van der Waals surface area contributed by atoms with Crippen LogP contribution in [0.1, 0.15) is 0 Å². The Morgan fingerprint density at radius 3 is 2.42 bits per heavy atom. The number of hydrogen-bond acceptors (Lipinski definition) is 5. The van der Waals surface area contributed by atoms with Crippen LogP contribution in [0.2, 0.25) is 0 Å². The zero-order valence-electron chi connectivity index (χ0n) is 13.4. The maximum absolute atomic E-state index is 12.2. The highest BCUT2D eigenvalue weighted by Crippen LogP contribution is 2.23. The second kappa shape index (κ2) is 8.25. The quantitative estimate of drug-likeness (QED) is 0.630. The third-order valence-electron chi connectivity index (χ3n) is 3.19. The molecule has 2 rings (SSSR count). The van der Waals surface area contributed by atoms with Gasteiger partial charge in [0, 0.05) is 11.9 Å². The van der Waals surface area contributed by atoms with Gasteiger partial charge in [0.2, 0.25) is 0 Å². The van der Waals surface area contributed by atoms with Crippen molar-refractivity contribution in [1.29, 1.82) is 5.26 Å². The molecule has 24 heavy (non-hydrogen) atoms. The fourth-order valence-electron chi connectivity index (χ4n) is 1.94. The van der Waals surface area contributed by atoms with Gasteiger partial charge in [0.05, 0.1) is 19.9 Å². The zero-order chi connectivity index (χ0) is 17.4. The number of para-hydroxylation sites is 2. The Labute approximate surface area is 140 Å². The smallest absolute Gasteiger partial charge is 0.267 e. The number of amides is 1. The molecule has 0 atom stereocenters. The summed E-state index contributed by atoms with van der Waals surface area (Å²) in [7, 11) is 3.11. The Morgan fingerprint density at radius 1 is 1.08 bits per heavy atom. The normalized spacial score (nSPS) is 10.5. The van der Waals surface area contributed by atoms with E-state index in [1.54, 1.807) is 50.6 Å². The number of methoxy groups -OCH3 is 2. The highest BCUT2D eigenvalue weighted by atomic mass is 16.5. The van der Waals surface area contributed by atoms with E-state index in [0.717, 1.165) is 0 Å². The molecule has 2 aromatic carbocycles. The minimum absolute atomic E-state index is 0.0586. The Bertz CT molecular complexity index is 777. The first kappa shape index (κ1) is 16.9. The van der Waals surface area contributed by atoms with Gasteiger partial charge in [0.25, 0.3) is 5.91 Å². The summed E-state index contributed by atoms with van der Waals surface area (Å²) < 4.78 is 10.3. The van der Waals surface area contributed by atoms with E-state index in [0.29, 0.717) is 22.9 Å². The summed E-state index contributed by atoms with van der Waals surface area (Å²) in [6.45, 7) is 0. The van der Waals surface area contributed by atoms with Gasteiger partial charge >= 0.3 is 0 Å². The average molecular weight is 323 g/mol. The van der Waals surface area contributed by atoms with Crippen molar-refractivity contribution in [1.82, 2.24) is 0 Å². The van der Waals surface area contributed by atoms with Gasteiger partial charge in [-0.3, -0.25) is 4.79 Å². The van der Waals surface area contributed by atoms with Crippen molar-refractivity contribution in [2.24, 2.45) is 0 Å². The maximum Gasteiger partial charge on any atom is 0.267 e. The molecular formula is C18H17N3O3. The van der Waals surface area contributed by atoms with Gasteiger partial charge in [-0.15, -0.1) is 0 Å². The van der Waals surface area contributed by atoms with Crippen LogP contribution in [0.5, 0.6) is 11.5 Å². The molecule has 1 amide bonds. The van der Waals surface area contributed by atoms with E-state index in [1.165, 1.54) is 6.20 Å². The number of carbonyl (C=O) groups excluding carboxylic acids is 1. The molecule has 0 radical (unpaired) electrons. The topological polar surface area (TPSA) is 83.4 Å².